The van der Waals surface area contributed by atoms with Crippen molar-refractivity contribution in [1.82, 2.24) is 15.0 Å². The maximum Gasteiger partial charge on any atom is 0.258 e. The van der Waals surface area contributed by atoms with Crippen molar-refractivity contribution in [2.45, 2.75) is 56.9 Å². The number of amides is 2. The second kappa shape index (κ2) is 10.2. The van der Waals surface area contributed by atoms with Gasteiger partial charge in [0, 0.05) is 41.9 Å². The third-order valence-electron chi connectivity index (χ3n) is 5.83. The highest BCUT2D eigenvalue weighted by Gasteiger charge is 2.24. The lowest BCUT2D eigenvalue weighted by Crippen LogP contribution is -2.42. The molecule has 1 aliphatic heterocycles. The summed E-state index contributed by atoms with van der Waals surface area (Å²) in [5.41, 5.74) is 3.46. The summed E-state index contributed by atoms with van der Waals surface area (Å²) in [6.45, 7) is 6.64. The van der Waals surface area contributed by atoms with Gasteiger partial charge in [0.15, 0.2) is 0 Å². The minimum atomic E-state index is -0.242. The number of anilines is 1. The first-order valence-electron chi connectivity index (χ1n) is 11.2. The fourth-order valence-electron chi connectivity index (χ4n) is 4.00. The van der Waals surface area contributed by atoms with Gasteiger partial charge in [-0.15, -0.1) is 0 Å². The molecule has 0 bridgehead atoms. The van der Waals surface area contributed by atoms with Crippen LogP contribution in [0.15, 0.2) is 52.1 Å². The lowest BCUT2D eigenvalue weighted by atomic mass is 10.0. The first kappa shape index (κ1) is 23.0. The minimum absolute atomic E-state index is 0.0530. The summed E-state index contributed by atoms with van der Waals surface area (Å²) in [6, 6.07) is 11.1. The Morgan fingerprint density at radius 3 is 2.79 bits per heavy atom. The Bertz CT molecular complexity index is 1160. The SMILES string of the molecule is Cc1cc(CSc2ncccc2C(=O)Nc2ccc(C(=O)N3CCCCC3C)cc2C)no1. The predicted molar refractivity (Wildman–Crippen MR) is 129 cm³/mol. The van der Waals surface area contributed by atoms with E-state index >= 15 is 0 Å². The topological polar surface area (TPSA) is 88.3 Å². The lowest BCUT2D eigenvalue weighted by Gasteiger charge is -2.33. The molecule has 0 radical (unpaired) electrons. The number of rotatable bonds is 6. The van der Waals surface area contributed by atoms with Gasteiger partial charge in [-0.05, 0) is 75.9 Å². The van der Waals surface area contributed by atoms with E-state index in [-0.39, 0.29) is 17.9 Å². The maximum absolute atomic E-state index is 13.0. The number of nitrogens with one attached hydrogen (secondary N) is 1. The molecule has 3 heterocycles. The quantitative estimate of drug-likeness (QED) is 0.502. The number of pyridine rings is 1. The van der Waals surface area contributed by atoms with E-state index in [1.807, 2.05) is 30.9 Å². The van der Waals surface area contributed by atoms with Crippen LogP contribution in [0.3, 0.4) is 0 Å². The summed E-state index contributed by atoms with van der Waals surface area (Å²) < 4.78 is 5.10. The molecule has 172 valence electrons. The van der Waals surface area contributed by atoms with Gasteiger partial charge in [0.2, 0.25) is 0 Å². The number of hydrogen-bond acceptors (Lipinski definition) is 6. The highest BCUT2D eigenvalue weighted by molar-refractivity contribution is 7.98. The number of carbonyl (C=O) groups excluding carboxylic acids is 2. The van der Waals surface area contributed by atoms with Crippen molar-refractivity contribution < 1.29 is 14.1 Å². The van der Waals surface area contributed by atoms with Gasteiger partial charge in [-0.1, -0.05) is 16.9 Å². The summed E-state index contributed by atoms with van der Waals surface area (Å²) in [5, 5.41) is 7.59. The van der Waals surface area contributed by atoms with E-state index in [4.69, 9.17) is 4.52 Å². The lowest BCUT2D eigenvalue weighted by molar-refractivity contribution is 0.0635. The summed E-state index contributed by atoms with van der Waals surface area (Å²) in [6.07, 6.45) is 4.92. The molecule has 1 fully saturated rings. The van der Waals surface area contributed by atoms with Crippen molar-refractivity contribution in [2.75, 3.05) is 11.9 Å². The Balaban J connectivity index is 1.46. The van der Waals surface area contributed by atoms with Crippen molar-refractivity contribution >= 4 is 29.3 Å². The molecule has 0 aliphatic carbocycles. The van der Waals surface area contributed by atoms with Gasteiger partial charge in [0.05, 0.1) is 11.3 Å². The summed E-state index contributed by atoms with van der Waals surface area (Å²) in [7, 11) is 0. The van der Waals surface area contributed by atoms with Gasteiger partial charge < -0.3 is 14.7 Å². The van der Waals surface area contributed by atoms with E-state index < -0.39 is 0 Å². The Hall–Kier alpha value is -3.13. The van der Waals surface area contributed by atoms with E-state index in [0.29, 0.717) is 27.6 Å². The molecule has 7 nitrogen and oxygen atoms in total. The molecule has 4 rings (SSSR count). The van der Waals surface area contributed by atoms with E-state index in [1.54, 1.807) is 30.5 Å². The molecule has 1 saturated heterocycles. The molecule has 8 heteroatoms. The van der Waals surface area contributed by atoms with E-state index in [2.05, 4.69) is 22.4 Å². The second-order valence-corrected chi connectivity index (χ2v) is 9.36. The third kappa shape index (κ3) is 5.45. The van der Waals surface area contributed by atoms with Gasteiger partial charge in [-0.25, -0.2) is 4.98 Å². The monoisotopic (exact) mass is 464 g/mol. The molecule has 1 N–H and O–H groups in total. The Morgan fingerprint density at radius 2 is 2.06 bits per heavy atom. The van der Waals surface area contributed by atoms with Gasteiger partial charge in [-0.3, -0.25) is 9.59 Å². The molecule has 33 heavy (non-hydrogen) atoms. The van der Waals surface area contributed by atoms with Crippen LogP contribution in [0.5, 0.6) is 0 Å². The van der Waals surface area contributed by atoms with Crippen molar-refractivity contribution in [3.05, 3.63) is 70.7 Å². The number of benzene rings is 1. The molecule has 3 aromatic rings. The van der Waals surface area contributed by atoms with Gasteiger partial charge in [0.1, 0.15) is 10.8 Å². The van der Waals surface area contributed by atoms with Gasteiger partial charge in [0.25, 0.3) is 11.8 Å². The van der Waals surface area contributed by atoms with Crippen LogP contribution in [0.4, 0.5) is 5.69 Å². The zero-order valence-corrected chi connectivity index (χ0v) is 19.9. The average Bonchev–Trinajstić information content (AvgIpc) is 3.24. The fourth-order valence-corrected chi connectivity index (χ4v) is 4.87. The number of hydrogen-bond donors (Lipinski definition) is 1. The molecule has 1 unspecified atom stereocenters. The van der Waals surface area contributed by atoms with Crippen molar-refractivity contribution in [2.24, 2.45) is 0 Å². The summed E-state index contributed by atoms with van der Waals surface area (Å²) >= 11 is 1.43. The molecular formula is C25H28N4O3S. The normalized spacial score (nSPS) is 16.0. The first-order valence-corrected chi connectivity index (χ1v) is 12.1. The number of nitrogens with zero attached hydrogens (tertiary/aromatic N) is 3. The maximum atomic E-state index is 13.0. The molecule has 0 spiro atoms. The van der Waals surface area contributed by atoms with E-state index in [0.717, 1.165) is 36.4 Å². The Kier molecular flexibility index (Phi) is 7.13. The number of aryl methyl sites for hydroxylation is 2. The summed E-state index contributed by atoms with van der Waals surface area (Å²) in [4.78, 5) is 32.3. The summed E-state index contributed by atoms with van der Waals surface area (Å²) in [5.74, 6) is 1.11. The number of likely N-dealkylation sites (tertiary alicyclic amines) is 1. The molecular weight excluding hydrogens is 436 g/mol. The number of piperidine rings is 1. The van der Waals surface area contributed by atoms with Crippen LogP contribution < -0.4 is 5.32 Å². The Labute approximate surface area is 197 Å². The molecule has 1 atom stereocenters. The van der Waals surface area contributed by atoms with E-state index in [9.17, 15) is 9.59 Å². The average molecular weight is 465 g/mol. The van der Waals surface area contributed by atoms with Crippen LogP contribution in [0.25, 0.3) is 0 Å². The third-order valence-corrected chi connectivity index (χ3v) is 6.87. The second-order valence-electron chi connectivity index (χ2n) is 8.40. The largest absolute Gasteiger partial charge is 0.361 e. The van der Waals surface area contributed by atoms with Gasteiger partial charge in [-0.2, -0.15) is 0 Å². The molecule has 1 aromatic carbocycles. The standard InChI is InChI=1S/C25H28N4O3S/c1-16-13-19(25(31)29-12-5-4-7-17(29)2)9-10-22(16)27-23(30)21-8-6-11-26-24(21)33-15-20-14-18(3)32-28-20/h6,8-11,13-14,17H,4-5,7,12,15H2,1-3H3,(H,27,30). The number of thioether (sulfide) groups is 1. The van der Waals surface area contributed by atoms with Crippen LogP contribution in [0.2, 0.25) is 0 Å². The van der Waals surface area contributed by atoms with Gasteiger partial charge >= 0.3 is 0 Å². The van der Waals surface area contributed by atoms with Crippen molar-refractivity contribution in [3.63, 3.8) is 0 Å². The molecule has 1 aliphatic rings. The smallest absolute Gasteiger partial charge is 0.258 e. The highest BCUT2D eigenvalue weighted by atomic mass is 32.2. The minimum Gasteiger partial charge on any atom is -0.361 e. The molecule has 2 amide bonds. The molecule has 2 aromatic heterocycles. The van der Waals surface area contributed by atoms with Crippen LogP contribution in [0.1, 0.15) is 63.9 Å². The first-order chi connectivity index (χ1) is 15.9. The van der Waals surface area contributed by atoms with Crippen molar-refractivity contribution in [1.29, 1.82) is 0 Å². The fraction of sp³-hybridized carbons (Fsp3) is 0.360. The highest BCUT2D eigenvalue weighted by Crippen LogP contribution is 2.26. The Morgan fingerprint density at radius 1 is 1.21 bits per heavy atom. The zero-order valence-electron chi connectivity index (χ0n) is 19.1. The van der Waals surface area contributed by atoms with Crippen LogP contribution >= 0.6 is 11.8 Å². The van der Waals surface area contributed by atoms with E-state index in [1.165, 1.54) is 18.2 Å². The zero-order chi connectivity index (χ0) is 23.4. The molecule has 0 saturated carbocycles. The van der Waals surface area contributed by atoms with Crippen molar-refractivity contribution in [3.8, 4) is 0 Å². The number of aromatic nitrogens is 2. The van der Waals surface area contributed by atoms with Crippen LogP contribution in [-0.2, 0) is 5.75 Å². The van der Waals surface area contributed by atoms with Crippen LogP contribution in [0, 0.1) is 13.8 Å². The van der Waals surface area contributed by atoms with Crippen LogP contribution in [-0.4, -0.2) is 39.4 Å². The number of carbonyl (C=O) groups is 2. The predicted octanol–water partition coefficient (Wildman–Crippen LogP) is 5.25.